The second kappa shape index (κ2) is 8.23. The van der Waals surface area contributed by atoms with Gasteiger partial charge in [0, 0.05) is 18.8 Å². The van der Waals surface area contributed by atoms with Crippen molar-refractivity contribution in [1.82, 2.24) is 4.90 Å². The number of ether oxygens (including phenoxy) is 1. The second-order valence-corrected chi connectivity index (χ2v) is 8.20. The van der Waals surface area contributed by atoms with Crippen molar-refractivity contribution in [3.05, 3.63) is 66.2 Å². The number of likely N-dealkylation sites (tertiary alicyclic amines) is 1. The van der Waals surface area contributed by atoms with E-state index in [0.717, 1.165) is 5.56 Å². The fourth-order valence-electron chi connectivity index (χ4n) is 2.91. The zero-order valence-electron chi connectivity index (χ0n) is 14.4. The molecule has 2 aromatic carbocycles. The van der Waals surface area contributed by atoms with Crippen LogP contribution < -0.4 is 4.72 Å². The van der Waals surface area contributed by atoms with Crippen molar-refractivity contribution in [1.29, 1.82) is 0 Å². The van der Waals surface area contributed by atoms with E-state index in [-0.39, 0.29) is 6.61 Å². The smallest absolute Gasteiger partial charge is 0.410 e. The summed E-state index contributed by atoms with van der Waals surface area (Å²) < 4.78 is 32.9. The van der Waals surface area contributed by atoms with Crippen molar-refractivity contribution in [2.24, 2.45) is 0 Å². The number of anilines is 1. The van der Waals surface area contributed by atoms with Gasteiger partial charge in [-0.15, -0.1) is 0 Å². The van der Waals surface area contributed by atoms with E-state index in [2.05, 4.69) is 4.72 Å². The van der Waals surface area contributed by atoms with E-state index >= 15 is 0 Å². The summed E-state index contributed by atoms with van der Waals surface area (Å²) in [5.41, 5.74) is 1.47. The van der Waals surface area contributed by atoms with E-state index in [9.17, 15) is 13.2 Å². The van der Waals surface area contributed by atoms with Crippen LogP contribution in [-0.4, -0.2) is 37.8 Å². The molecule has 1 aliphatic heterocycles. The van der Waals surface area contributed by atoms with Crippen LogP contribution in [-0.2, 0) is 21.4 Å². The predicted molar refractivity (Wildman–Crippen MR) is 100 cm³/mol. The van der Waals surface area contributed by atoms with Gasteiger partial charge in [-0.05, 0) is 30.5 Å². The number of carbonyl (C=O) groups excluding carboxylic acids is 1. The molecular formula is C19H22N2O4S. The highest BCUT2D eigenvalue weighted by atomic mass is 32.2. The van der Waals surface area contributed by atoms with Crippen molar-refractivity contribution in [2.45, 2.75) is 24.7 Å². The first-order chi connectivity index (χ1) is 12.5. The summed E-state index contributed by atoms with van der Waals surface area (Å²) in [7, 11) is -3.47. The molecule has 0 spiro atoms. The lowest BCUT2D eigenvalue weighted by atomic mass is 10.1. The predicted octanol–water partition coefficient (Wildman–Crippen LogP) is 3.23. The van der Waals surface area contributed by atoms with Gasteiger partial charge in [0.25, 0.3) is 0 Å². The van der Waals surface area contributed by atoms with Gasteiger partial charge in [0.15, 0.2) is 0 Å². The van der Waals surface area contributed by atoms with Gasteiger partial charge in [0.1, 0.15) is 6.61 Å². The second-order valence-electron chi connectivity index (χ2n) is 6.24. The number of piperidine rings is 1. The minimum absolute atomic E-state index is 0.216. The number of sulfonamides is 1. The third-order valence-electron chi connectivity index (χ3n) is 4.38. The monoisotopic (exact) mass is 374 g/mol. The number of carbonyl (C=O) groups is 1. The Hall–Kier alpha value is -2.54. The van der Waals surface area contributed by atoms with Crippen LogP contribution in [0.1, 0.15) is 18.4 Å². The maximum Gasteiger partial charge on any atom is 0.410 e. The maximum absolute atomic E-state index is 12.5. The highest BCUT2D eigenvalue weighted by Gasteiger charge is 2.32. The summed E-state index contributed by atoms with van der Waals surface area (Å²) in [5, 5.41) is -0.513. The minimum Gasteiger partial charge on any atom is -0.445 e. The molecule has 3 rings (SSSR count). The Bertz CT molecular complexity index is 817. The van der Waals surface area contributed by atoms with E-state index in [0.29, 0.717) is 31.6 Å². The van der Waals surface area contributed by atoms with Crippen molar-refractivity contribution in [2.75, 3.05) is 17.8 Å². The van der Waals surface area contributed by atoms with Gasteiger partial charge in [-0.3, -0.25) is 4.72 Å². The molecule has 1 saturated heterocycles. The molecule has 0 aromatic heterocycles. The molecule has 0 saturated carbocycles. The summed E-state index contributed by atoms with van der Waals surface area (Å²) in [6, 6.07) is 18.3. The number of hydrogen-bond acceptors (Lipinski definition) is 4. The topological polar surface area (TPSA) is 75.7 Å². The van der Waals surface area contributed by atoms with Gasteiger partial charge in [-0.2, -0.15) is 0 Å². The molecule has 1 heterocycles. The van der Waals surface area contributed by atoms with Crippen molar-refractivity contribution in [3.63, 3.8) is 0 Å². The van der Waals surface area contributed by atoms with Gasteiger partial charge in [-0.1, -0.05) is 48.5 Å². The van der Waals surface area contributed by atoms with E-state index in [1.54, 1.807) is 29.2 Å². The van der Waals surface area contributed by atoms with Gasteiger partial charge >= 0.3 is 6.09 Å². The molecular weight excluding hydrogens is 352 g/mol. The SMILES string of the molecule is O=C(OCc1ccccc1)N1CCC(S(=O)(=O)Nc2ccccc2)CC1. The van der Waals surface area contributed by atoms with Crippen LogP contribution >= 0.6 is 0 Å². The maximum atomic E-state index is 12.5. The Balaban J connectivity index is 1.49. The zero-order chi connectivity index (χ0) is 18.4. The lowest BCUT2D eigenvalue weighted by Crippen LogP contribution is -2.44. The fraction of sp³-hybridized carbons (Fsp3) is 0.316. The normalized spacial score (nSPS) is 15.5. The van der Waals surface area contributed by atoms with E-state index in [1.165, 1.54) is 0 Å². The summed E-state index contributed by atoms with van der Waals surface area (Å²) in [6.45, 7) is 0.954. The van der Waals surface area contributed by atoms with Crippen LogP contribution in [0.5, 0.6) is 0 Å². The number of nitrogens with one attached hydrogen (secondary N) is 1. The lowest BCUT2D eigenvalue weighted by Gasteiger charge is -2.31. The molecule has 0 radical (unpaired) electrons. The van der Waals surface area contributed by atoms with Crippen LogP contribution in [0.25, 0.3) is 0 Å². The number of para-hydroxylation sites is 1. The highest BCUT2D eigenvalue weighted by Crippen LogP contribution is 2.21. The molecule has 1 N–H and O–H groups in total. The lowest BCUT2D eigenvalue weighted by molar-refractivity contribution is 0.0897. The molecule has 138 valence electrons. The van der Waals surface area contributed by atoms with Gasteiger partial charge in [0.05, 0.1) is 5.25 Å². The molecule has 0 aliphatic carbocycles. The Morgan fingerprint density at radius 1 is 1.00 bits per heavy atom. The van der Waals surface area contributed by atoms with Crippen LogP contribution in [0.15, 0.2) is 60.7 Å². The molecule has 1 amide bonds. The minimum atomic E-state index is -3.47. The fourth-order valence-corrected chi connectivity index (χ4v) is 4.38. The van der Waals surface area contributed by atoms with Gasteiger partial charge < -0.3 is 9.64 Å². The molecule has 0 atom stereocenters. The van der Waals surface area contributed by atoms with Crippen LogP contribution in [0, 0.1) is 0 Å². The van der Waals surface area contributed by atoms with E-state index in [1.807, 2.05) is 36.4 Å². The Morgan fingerprint density at radius 2 is 1.58 bits per heavy atom. The zero-order valence-corrected chi connectivity index (χ0v) is 15.2. The third kappa shape index (κ3) is 4.76. The van der Waals surface area contributed by atoms with Crippen molar-refractivity contribution >= 4 is 21.8 Å². The average molecular weight is 374 g/mol. The number of hydrogen-bond donors (Lipinski definition) is 1. The number of nitrogens with zero attached hydrogens (tertiary/aromatic N) is 1. The van der Waals surface area contributed by atoms with Crippen molar-refractivity contribution in [3.8, 4) is 0 Å². The molecule has 7 heteroatoms. The Labute approximate surface area is 153 Å². The highest BCUT2D eigenvalue weighted by molar-refractivity contribution is 7.93. The first-order valence-electron chi connectivity index (χ1n) is 8.57. The third-order valence-corrected chi connectivity index (χ3v) is 6.25. The molecule has 1 aliphatic rings. The summed E-state index contributed by atoms with van der Waals surface area (Å²) in [4.78, 5) is 13.7. The first kappa shape index (κ1) is 18.3. The quantitative estimate of drug-likeness (QED) is 0.872. The number of rotatable bonds is 5. The van der Waals surface area contributed by atoms with Gasteiger partial charge in [0.2, 0.25) is 10.0 Å². The van der Waals surface area contributed by atoms with Crippen LogP contribution in [0.2, 0.25) is 0 Å². The van der Waals surface area contributed by atoms with Crippen molar-refractivity contribution < 1.29 is 17.9 Å². The van der Waals surface area contributed by atoms with Gasteiger partial charge in [-0.25, -0.2) is 13.2 Å². The Kier molecular flexibility index (Phi) is 5.78. The first-order valence-corrected chi connectivity index (χ1v) is 10.1. The molecule has 0 unspecified atom stereocenters. The van der Waals surface area contributed by atoms with E-state index < -0.39 is 21.4 Å². The number of amides is 1. The summed E-state index contributed by atoms with van der Waals surface area (Å²) >= 11 is 0. The standard InChI is InChI=1S/C19H22N2O4S/c22-19(25-15-16-7-3-1-4-8-16)21-13-11-18(12-14-21)26(23,24)20-17-9-5-2-6-10-17/h1-10,18,20H,11-15H2. The molecule has 26 heavy (non-hydrogen) atoms. The van der Waals surface area contributed by atoms with E-state index in [4.69, 9.17) is 4.74 Å². The van der Waals surface area contributed by atoms with Crippen LogP contribution in [0.3, 0.4) is 0 Å². The molecule has 0 bridgehead atoms. The average Bonchev–Trinajstić information content (AvgIpc) is 2.67. The largest absolute Gasteiger partial charge is 0.445 e. The molecule has 6 nitrogen and oxygen atoms in total. The Morgan fingerprint density at radius 3 is 2.19 bits per heavy atom. The number of benzene rings is 2. The summed E-state index contributed by atoms with van der Waals surface area (Å²) in [5.74, 6) is 0. The summed E-state index contributed by atoms with van der Waals surface area (Å²) in [6.07, 6.45) is 0.381. The molecule has 1 fully saturated rings. The molecule has 2 aromatic rings. The van der Waals surface area contributed by atoms with Crippen LogP contribution in [0.4, 0.5) is 10.5 Å².